The van der Waals surface area contributed by atoms with Crippen molar-refractivity contribution in [2.45, 2.75) is 32.1 Å². The van der Waals surface area contributed by atoms with Gasteiger partial charge < -0.3 is 9.64 Å². The molecule has 0 unspecified atom stereocenters. The Morgan fingerprint density at radius 2 is 1.75 bits per heavy atom. The lowest BCUT2D eigenvalue weighted by Gasteiger charge is -2.34. The summed E-state index contributed by atoms with van der Waals surface area (Å²) >= 11 is 0. The summed E-state index contributed by atoms with van der Waals surface area (Å²) in [5, 5.41) is 0. The number of ether oxygens (including phenoxy) is 1. The molecule has 4 nitrogen and oxygen atoms in total. The molecule has 24 heavy (non-hydrogen) atoms. The minimum Gasteiger partial charge on any atom is -0.379 e. The van der Waals surface area contributed by atoms with E-state index in [4.69, 9.17) is 4.74 Å². The Morgan fingerprint density at radius 3 is 2.46 bits per heavy atom. The molecular formula is C20H30N2O2. The highest BCUT2D eigenvalue weighted by atomic mass is 16.5. The molecule has 132 valence electrons. The van der Waals surface area contributed by atoms with E-state index in [9.17, 15) is 4.79 Å². The molecule has 3 rings (SSSR count). The third-order valence-corrected chi connectivity index (χ3v) is 5.39. The standard InChI is InChI=1S/C20H30N2O2/c23-20(7-6-18-4-2-1-3-5-18)22-12-9-19(10-13-22)8-11-21-14-16-24-17-15-21/h1-5,19H,6-17H2. The van der Waals surface area contributed by atoms with Crippen molar-refractivity contribution >= 4 is 5.91 Å². The first-order valence-corrected chi connectivity index (χ1v) is 9.43. The van der Waals surface area contributed by atoms with Gasteiger partial charge in [-0.2, -0.15) is 0 Å². The molecule has 1 amide bonds. The summed E-state index contributed by atoms with van der Waals surface area (Å²) in [4.78, 5) is 17.0. The Hall–Kier alpha value is -1.39. The molecule has 2 aliphatic heterocycles. The Balaban J connectivity index is 1.33. The fourth-order valence-corrected chi connectivity index (χ4v) is 3.72. The van der Waals surface area contributed by atoms with Crippen molar-refractivity contribution in [2.24, 2.45) is 5.92 Å². The van der Waals surface area contributed by atoms with E-state index in [1.54, 1.807) is 0 Å². The van der Waals surface area contributed by atoms with Gasteiger partial charge in [0, 0.05) is 32.6 Å². The average Bonchev–Trinajstić information content (AvgIpc) is 2.66. The average molecular weight is 330 g/mol. The third-order valence-electron chi connectivity index (χ3n) is 5.39. The molecule has 1 aromatic rings. The predicted molar refractivity (Wildman–Crippen MR) is 95.9 cm³/mol. The molecule has 2 aliphatic rings. The Kier molecular flexibility index (Phi) is 6.67. The highest BCUT2D eigenvalue weighted by molar-refractivity contribution is 5.76. The maximum atomic E-state index is 12.4. The maximum Gasteiger partial charge on any atom is 0.222 e. The zero-order chi connectivity index (χ0) is 16.6. The van der Waals surface area contributed by atoms with Crippen molar-refractivity contribution in [1.82, 2.24) is 9.80 Å². The van der Waals surface area contributed by atoms with Gasteiger partial charge in [0.1, 0.15) is 0 Å². The molecule has 0 N–H and O–H groups in total. The van der Waals surface area contributed by atoms with Crippen LogP contribution >= 0.6 is 0 Å². The van der Waals surface area contributed by atoms with Crippen molar-refractivity contribution in [3.8, 4) is 0 Å². The third kappa shape index (κ3) is 5.32. The molecule has 0 aliphatic carbocycles. The Labute approximate surface area is 145 Å². The zero-order valence-corrected chi connectivity index (χ0v) is 14.7. The number of hydrogen-bond acceptors (Lipinski definition) is 3. The number of nitrogens with zero attached hydrogens (tertiary/aromatic N) is 2. The molecule has 2 fully saturated rings. The number of piperidine rings is 1. The summed E-state index contributed by atoms with van der Waals surface area (Å²) in [7, 11) is 0. The SMILES string of the molecule is O=C(CCc1ccccc1)N1CCC(CCN2CCOCC2)CC1. The van der Waals surface area contributed by atoms with Crippen molar-refractivity contribution in [1.29, 1.82) is 0 Å². The quantitative estimate of drug-likeness (QED) is 0.804. The second-order valence-electron chi connectivity index (χ2n) is 7.05. The summed E-state index contributed by atoms with van der Waals surface area (Å²) in [6.07, 6.45) is 5.11. The van der Waals surface area contributed by atoms with E-state index in [2.05, 4.69) is 21.9 Å². The minimum absolute atomic E-state index is 0.325. The van der Waals surface area contributed by atoms with Crippen LogP contribution in [0.15, 0.2) is 30.3 Å². The number of aryl methyl sites for hydroxylation is 1. The second kappa shape index (κ2) is 9.19. The molecule has 0 bridgehead atoms. The van der Waals surface area contributed by atoms with Gasteiger partial charge in [0.2, 0.25) is 5.91 Å². The van der Waals surface area contributed by atoms with Crippen molar-refractivity contribution in [3.05, 3.63) is 35.9 Å². The van der Waals surface area contributed by atoms with Crippen LogP contribution in [0.1, 0.15) is 31.2 Å². The smallest absolute Gasteiger partial charge is 0.222 e. The summed E-state index contributed by atoms with van der Waals surface area (Å²) in [6.45, 7) is 7.01. The minimum atomic E-state index is 0.325. The van der Waals surface area contributed by atoms with Crippen LogP contribution in [0.3, 0.4) is 0 Å². The van der Waals surface area contributed by atoms with Gasteiger partial charge in [0.05, 0.1) is 13.2 Å². The van der Waals surface area contributed by atoms with Gasteiger partial charge in [-0.15, -0.1) is 0 Å². The van der Waals surface area contributed by atoms with Crippen molar-refractivity contribution in [3.63, 3.8) is 0 Å². The molecular weight excluding hydrogens is 300 g/mol. The summed E-state index contributed by atoms with van der Waals surface area (Å²) < 4.78 is 5.40. The largest absolute Gasteiger partial charge is 0.379 e. The molecule has 2 heterocycles. The van der Waals surface area contributed by atoms with Gasteiger partial charge in [0.15, 0.2) is 0 Å². The van der Waals surface area contributed by atoms with Crippen molar-refractivity contribution in [2.75, 3.05) is 45.9 Å². The number of carbonyl (C=O) groups is 1. The second-order valence-corrected chi connectivity index (χ2v) is 7.05. The van der Waals surface area contributed by atoms with Crippen LogP contribution < -0.4 is 0 Å². The monoisotopic (exact) mass is 330 g/mol. The number of morpholine rings is 1. The topological polar surface area (TPSA) is 32.8 Å². The fraction of sp³-hybridized carbons (Fsp3) is 0.650. The lowest BCUT2D eigenvalue weighted by Crippen LogP contribution is -2.40. The normalized spacial score (nSPS) is 20.2. The van der Waals surface area contributed by atoms with E-state index in [1.807, 2.05) is 18.2 Å². The first-order valence-electron chi connectivity index (χ1n) is 9.43. The van der Waals surface area contributed by atoms with Gasteiger partial charge in [-0.25, -0.2) is 0 Å². The Bertz CT molecular complexity index is 492. The molecule has 1 aromatic carbocycles. The van der Waals surface area contributed by atoms with Gasteiger partial charge in [-0.05, 0) is 43.7 Å². The van der Waals surface area contributed by atoms with E-state index in [0.29, 0.717) is 12.3 Å². The van der Waals surface area contributed by atoms with Crippen LogP contribution in [0.25, 0.3) is 0 Å². The number of likely N-dealkylation sites (tertiary alicyclic amines) is 1. The maximum absolute atomic E-state index is 12.4. The number of hydrogen-bond donors (Lipinski definition) is 0. The van der Waals surface area contributed by atoms with E-state index in [-0.39, 0.29) is 0 Å². The van der Waals surface area contributed by atoms with Crippen LogP contribution in [-0.4, -0.2) is 61.6 Å². The molecule has 0 saturated carbocycles. The van der Waals surface area contributed by atoms with Crippen LogP contribution in [0.4, 0.5) is 0 Å². The zero-order valence-electron chi connectivity index (χ0n) is 14.7. The van der Waals surface area contributed by atoms with Crippen LogP contribution in [0.2, 0.25) is 0 Å². The molecule has 0 radical (unpaired) electrons. The lowest BCUT2D eigenvalue weighted by molar-refractivity contribution is -0.132. The predicted octanol–water partition coefficient (Wildman–Crippen LogP) is 2.58. The first-order chi connectivity index (χ1) is 11.8. The van der Waals surface area contributed by atoms with Gasteiger partial charge in [0.25, 0.3) is 0 Å². The lowest BCUT2D eigenvalue weighted by atomic mass is 9.93. The molecule has 2 saturated heterocycles. The molecule has 0 aromatic heterocycles. The van der Waals surface area contributed by atoms with Crippen LogP contribution in [0.5, 0.6) is 0 Å². The van der Waals surface area contributed by atoms with E-state index >= 15 is 0 Å². The number of amides is 1. The van der Waals surface area contributed by atoms with Crippen molar-refractivity contribution < 1.29 is 9.53 Å². The fourth-order valence-electron chi connectivity index (χ4n) is 3.72. The highest BCUT2D eigenvalue weighted by Crippen LogP contribution is 2.22. The van der Waals surface area contributed by atoms with Gasteiger partial charge in [-0.1, -0.05) is 30.3 Å². The van der Waals surface area contributed by atoms with Crippen LogP contribution in [-0.2, 0) is 16.0 Å². The number of rotatable bonds is 6. The summed E-state index contributed by atoms with van der Waals surface area (Å²) in [5.74, 6) is 1.11. The van der Waals surface area contributed by atoms with Crippen LogP contribution in [0, 0.1) is 5.92 Å². The number of benzene rings is 1. The molecule has 0 spiro atoms. The van der Waals surface area contributed by atoms with Gasteiger partial charge >= 0.3 is 0 Å². The summed E-state index contributed by atoms with van der Waals surface area (Å²) in [6, 6.07) is 10.3. The van der Waals surface area contributed by atoms with E-state index in [0.717, 1.165) is 51.7 Å². The van der Waals surface area contributed by atoms with Gasteiger partial charge in [-0.3, -0.25) is 9.69 Å². The van der Waals surface area contributed by atoms with E-state index < -0.39 is 0 Å². The Morgan fingerprint density at radius 1 is 1.04 bits per heavy atom. The molecule has 4 heteroatoms. The summed E-state index contributed by atoms with van der Waals surface area (Å²) in [5.41, 5.74) is 1.26. The highest BCUT2D eigenvalue weighted by Gasteiger charge is 2.23. The van der Waals surface area contributed by atoms with E-state index in [1.165, 1.54) is 31.4 Å². The first kappa shape index (κ1) is 17.4. The number of carbonyl (C=O) groups excluding carboxylic acids is 1. The molecule has 0 atom stereocenters.